The standard InChI is InChI=1S/C26H34N6/c1-21(23-11-7-4-8-12-23)31-16-13-24(14-17-31)30-26(27-2)29-19-25-28-15-18-32(25)20-22-9-5-3-6-10-22/h3-12,15,18,21,24H,13-14,16-17,19-20H2,1-2H3,(H2,27,29,30). The number of nitrogens with one attached hydrogen (secondary N) is 2. The zero-order valence-corrected chi connectivity index (χ0v) is 19.1. The van der Waals surface area contributed by atoms with Crippen molar-refractivity contribution in [1.29, 1.82) is 0 Å². The molecule has 6 heteroatoms. The SMILES string of the molecule is CN=C(NCc1nccn1Cc1ccccc1)NC1CCN(C(C)c2ccccc2)CC1. The van der Waals surface area contributed by atoms with Gasteiger partial charge in [-0.3, -0.25) is 9.89 Å². The van der Waals surface area contributed by atoms with E-state index in [1.807, 2.05) is 25.5 Å². The van der Waals surface area contributed by atoms with Crippen molar-refractivity contribution in [2.45, 2.75) is 44.9 Å². The number of aromatic nitrogens is 2. The highest BCUT2D eigenvalue weighted by Gasteiger charge is 2.24. The van der Waals surface area contributed by atoms with Gasteiger partial charge in [-0.1, -0.05) is 60.7 Å². The number of likely N-dealkylation sites (tertiary alicyclic amines) is 1. The fourth-order valence-electron chi connectivity index (χ4n) is 4.36. The molecule has 1 aliphatic heterocycles. The van der Waals surface area contributed by atoms with Gasteiger partial charge >= 0.3 is 0 Å². The lowest BCUT2D eigenvalue weighted by Crippen LogP contribution is -2.49. The average molecular weight is 431 g/mol. The maximum Gasteiger partial charge on any atom is 0.191 e. The van der Waals surface area contributed by atoms with E-state index in [9.17, 15) is 0 Å². The summed E-state index contributed by atoms with van der Waals surface area (Å²) in [6, 6.07) is 22.1. The molecule has 0 saturated carbocycles. The van der Waals surface area contributed by atoms with Gasteiger partial charge in [-0.25, -0.2) is 4.98 Å². The Morgan fingerprint density at radius 3 is 2.44 bits per heavy atom. The number of rotatable bonds is 7. The summed E-state index contributed by atoms with van der Waals surface area (Å²) in [5, 5.41) is 7.06. The van der Waals surface area contributed by atoms with Crippen LogP contribution in [0.2, 0.25) is 0 Å². The predicted octanol–water partition coefficient (Wildman–Crippen LogP) is 3.82. The second-order valence-corrected chi connectivity index (χ2v) is 8.42. The van der Waals surface area contributed by atoms with Crippen molar-refractivity contribution in [1.82, 2.24) is 25.1 Å². The van der Waals surface area contributed by atoms with E-state index in [0.717, 1.165) is 44.3 Å². The molecule has 2 N–H and O–H groups in total. The Morgan fingerprint density at radius 1 is 1.06 bits per heavy atom. The maximum atomic E-state index is 4.53. The molecule has 6 nitrogen and oxygen atoms in total. The zero-order chi connectivity index (χ0) is 22.2. The summed E-state index contributed by atoms with van der Waals surface area (Å²) in [5.74, 6) is 1.84. The number of aliphatic imine (C=N–C) groups is 1. The number of benzene rings is 2. The molecule has 3 aromatic rings. The van der Waals surface area contributed by atoms with Crippen LogP contribution in [0.15, 0.2) is 78.0 Å². The van der Waals surface area contributed by atoms with Crippen LogP contribution in [0, 0.1) is 0 Å². The van der Waals surface area contributed by atoms with Crippen molar-refractivity contribution in [3.05, 3.63) is 90.0 Å². The van der Waals surface area contributed by atoms with Gasteiger partial charge in [0.2, 0.25) is 0 Å². The molecular weight excluding hydrogens is 396 g/mol. The van der Waals surface area contributed by atoms with Crippen LogP contribution in [0.5, 0.6) is 0 Å². The van der Waals surface area contributed by atoms with Crippen molar-refractivity contribution in [2.75, 3.05) is 20.1 Å². The first-order valence-electron chi connectivity index (χ1n) is 11.5. The molecule has 168 valence electrons. The smallest absolute Gasteiger partial charge is 0.191 e. The minimum atomic E-state index is 0.435. The molecule has 1 unspecified atom stereocenters. The third-order valence-electron chi connectivity index (χ3n) is 6.34. The van der Waals surface area contributed by atoms with E-state index in [-0.39, 0.29) is 0 Å². The van der Waals surface area contributed by atoms with E-state index in [1.54, 1.807) is 0 Å². The maximum absolute atomic E-state index is 4.53. The van der Waals surface area contributed by atoms with Crippen LogP contribution in [-0.2, 0) is 13.1 Å². The Morgan fingerprint density at radius 2 is 1.75 bits per heavy atom. The van der Waals surface area contributed by atoms with Crippen LogP contribution < -0.4 is 10.6 Å². The molecule has 32 heavy (non-hydrogen) atoms. The molecule has 0 aliphatic carbocycles. The second-order valence-electron chi connectivity index (χ2n) is 8.42. The first-order chi connectivity index (χ1) is 15.7. The van der Waals surface area contributed by atoms with E-state index in [1.165, 1.54) is 11.1 Å². The first kappa shape index (κ1) is 22.1. The Labute approximate surface area is 191 Å². The van der Waals surface area contributed by atoms with Crippen LogP contribution in [-0.4, -0.2) is 46.6 Å². The number of nitrogens with zero attached hydrogens (tertiary/aromatic N) is 4. The van der Waals surface area contributed by atoms with Gasteiger partial charge in [-0.2, -0.15) is 0 Å². The van der Waals surface area contributed by atoms with Crippen LogP contribution in [0.1, 0.15) is 42.8 Å². The largest absolute Gasteiger partial charge is 0.354 e. The van der Waals surface area contributed by atoms with Crippen molar-refractivity contribution >= 4 is 5.96 Å². The van der Waals surface area contributed by atoms with Gasteiger partial charge in [0.1, 0.15) is 5.82 Å². The van der Waals surface area contributed by atoms with Crippen molar-refractivity contribution in [3.8, 4) is 0 Å². The van der Waals surface area contributed by atoms with Gasteiger partial charge in [0.05, 0.1) is 6.54 Å². The normalized spacial score (nSPS) is 16.6. The summed E-state index contributed by atoms with van der Waals surface area (Å²) >= 11 is 0. The van der Waals surface area contributed by atoms with Gasteiger partial charge in [0.15, 0.2) is 5.96 Å². The number of hydrogen-bond donors (Lipinski definition) is 2. The van der Waals surface area contributed by atoms with E-state index < -0.39 is 0 Å². The van der Waals surface area contributed by atoms with Crippen molar-refractivity contribution in [3.63, 3.8) is 0 Å². The number of hydrogen-bond acceptors (Lipinski definition) is 3. The molecule has 0 amide bonds. The monoisotopic (exact) mass is 430 g/mol. The minimum Gasteiger partial charge on any atom is -0.354 e. The molecule has 0 radical (unpaired) electrons. The fourth-order valence-corrected chi connectivity index (χ4v) is 4.36. The third-order valence-corrected chi connectivity index (χ3v) is 6.34. The molecule has 1 atom stereocenters. The predicted molar refractivity (Wildman–Crippen MR) is 131 cm³/mol. The molecule has 1 aromatic heterocycles. The molecule has 1 saturated heterocycles. The molecule has 2 aromatic carbocycles. The summed E-state index contributed by atoms with van der Waals surface area (Å²) in [4.78, 5) is 11.5. The number of piperidine rings is 1. The minimum absolute atomic E-state index is 0.435. The Kier molecular flexibility index (Phi) is 7.56. The highest BCUT2D eigenvalue weighted by atomic mass is 15.2. The van der Waals surface area contributed by atoms with Gasteiger partial charge in [0, 0.05) is 51.2 Å². The summed E-state index contributed by atoms with van der Waals surface area (Å²) in [6.45, 7) is 5.95. The topological polar surface area (TPSA) is 57.5 Å². The lowest BCUT2D eigenvalue weighted by molar-refractivity contribution is 0.158. The zero-order valence-electron chi connectivity index (χ0n) is 19.1. The third kappa shape index (κ3) is 5.77. The van der Waals surface area contributed by atoms with Gasteiger partial charge < -0.3 is 15.2 Å². The average Bonchev–Trinajstić information content (AvgIpc) is 3.29. The lowest BCUT2D eigenvalue weighted by Gasteiger charge is -2.37. The van der Waals surface area contributed by atoms with E-state index in [2.05, 4.69) is 91.6 Å². The van der Waals surface area contributed by atoms with Gasteiger partial charge in [-0.05, 0) is 30.9 Å². The fraction of sp³-hybridized carbons (Fsp3) is 0.385. The van der Waals surface area contributed by atoms with E-state index >= 15 is 0 Å². The Bertz CT molecular complexity index is 974. The molecule has 0 spiro atoms. The molecule has 1 fully saturated rings. The highest BCUT2D eigenvalue weighted by Crippen LogP contribution is 2.24. The van der Waals surface area contributed by atoms with Crippen LogP contribution >= 0.6 is 0 Å². The Balaban J connectivity index is 1.25. The molecule has 0 bridgehead atoms. The number of imidazole rings is 1. The van der Waals surface area contributed by atoms with Crippen LogP contribution in [0.3, 0.4) is 0 Å². The molecule has 4 rings (SSSR count). The van der Waals surface area contributed by atoms with Crippen molar-refractivity contribution in [2.24, 2.45) is 4.99 Å². The van der Waals surface area contributed by atoms with Gasteiger partial charge in [0.25, 0.3) is 0 Å². The van der Waals surface area contributed by atoms with E-state index in [4.69, 9.17) is 0 Å². The van der Waals surface area contributed by atoms with Crippen LogP contribution in [0.4, 0.5) is 0 Å². The summed E-state index contributed by atoms with van der Waals surface area (Å²) in [7, 11) is 1.83. The summed E-state index contributed by atoms with van der Waals surface area (Å²) in [5.41, 5.74) is 2.66. The lowest BCUT2D eigenvalue weighted by atomic mass is 10.0. The van der Waals surface area contributed by atoms with Crippen LogP contribution in [0.25, 0.3) is 0 Å². The first-order valence-corrected chi connectivity index (χ1v) is 11.5. The molecule has 1 aliphatic rings. The molecule has 2 heterocycles. The highest BCUT2D eigenvalue weighted by molar-refractivity contribution is 5.79. The second kappa shape index (κ2) is 11.0. The quantitative estimate of drug-likeness (QED) is 0.442. The van der Waals surface area contributed by atoms with E-state index in [0.29, 0.717) is 18.6 Å². The Hall–Kier alpha value is -3.12. The summed E-state index contributed by atoms with van der Waals surface area (Å²) in [6.07, 6.45) is 6.12. The van der Waals surface area contributed by atoms with Crippen molar-refractivity contribution < 1.29 is 0 Å². The van der Waals surface area contributed by atoms with Gasteiger partial charge in [-0.15, -0.1) is 0 Å². The number of guanidine groups is 1. The summed E-state index contributed by atoms with van der Waals surface area (Å²) < 4.78 is 2.18. The molecular formula is C26H34N6.